The number of hydrogen-bond acceptors (Lipinski definition) is 4. The molecule has 3 fully saturated rings. The Labute approximate surface area is 222 Å². The van der Waals surface area contributed by atoms with Gasteiger partial charge in [-0.25, -0.2) is 0 Å². The van der Waals surface area contributed by atoms with Crippen molar-refractivity contribution < 1.29 is 14.4 Å². The minimum atomic E-state index is -0.773. The number of halogens is 2. The first-order valence-corrected chi connectivity index (χ1v) is 13.9. The van der Waals surface area contributed by atoms with Gasteiger partial charge in [-0.15, -0.1) is 0 Å². The van der Waals surface area contributed by atoms with Gasteiger partial charge in [0.25, 0.3) is 5.91 Å². The summed E-state index contributed by atoms with van der Waals surface area (Å²) in [5.41, 5.74) is 2.08. The largest absolute Gasteiger partial charge is 0.356 e. The van der Waals surface area contributed by atoms with Crippen LogP contribution in [0.5, 0.6) is 0 Å². The van der Waals surface area contributed by atoms with Crippen LogP contribution in [0.3, 0.4) is 0 Å². The molecular weight excluding hydrogens is 581 g/mol. The Kier molecular flexibility index (Phi) is 6.70. The zero-order valence-electron chi connectivity index (χ0n) is 19.2. The van der Waals surface area contributed by atoms with Crippen LogP contribution in [0.25, 0.3) is 10.9 Å². The van der Waals surface area contributed by atoms with E-state index in [1.54, 1.807) is 11.0 Å². The third-order valence-electron chi connectivity index (χ3n) is 7.83. The monoisotopic (exact) mass is 607 g/mol. The van der Waals surface area contributed by atoms with Crippen LogP contribution in [0.1, 0.15) is 54.6 Å². The Morgan fingerprint density at radius 1 is 1.37 bits per heavy atom. The number of hydrogen-bond donors (Lipinski definition) is 3. The fraction of sp³-hybridized carbons (Fsp3) is 0.520. The van der Waals surface area contributed by atoms with Crippen LogP contribution < -0.4 is 10.6 Å². The summed E-state index contributed by atoms with van der Waals surface area (Å²) >= 11 is 8.80. The van der Waals surface area contributed by atoms with Crippen LogP contribution in [-0.2, 0) is 14.0 Å². The summed E-state index contributed by atoms with van der Waals surface area (Å²) in [6.07, 6.45) is 4.59. The van der Waals surface area contributed by atoms with E-state index in [1.165, 1.54) is 0 Å². The second-order valence-corrected chi connectivity index (χ2v) is 11.2. The molecule has 2 aromatic rings. The molecule has 0 bridgehead atoms. The van der Waals surface area contributed by atoms with Crippen LogP contribution in [0.15, 0.2) is 18.2 Å². The molecule has 3 atom stereocenters. The van der Waals surface area contributed by atoms with Gasteiger partial charge in [-0.3, -0.25) is 14.4 Å². The first kappa shape index (κ1) is 24.4. The molecule has 184 valence electrons. The predicted octanol–water partition coefficient (Wildman–Crippen LogP) is 3.68. The lowest BCUT2D eigenvalue weighted by Crippen LogP contribution is -2.49. The topological polar surface area (TPSA) is 118 Å². The van der Waals surface area contributed by atoms with Gasteiger partial charge < -0.3 is 20.5 Å². The number of likely N-dealkylation sites (tertiary alicyclic amines) is 1. The van der Waals surface area contributed by atoms with Gasteiger partial charge >= 0.3 is 0 Å². The van der Waals surface area contributed by atoms with E-state index in [0.29, 0.717) is 36.6 Å². The Balaban J connectivity index is 1.37. The maximum absolute atomic E-state index is 13.7. The Morgan fingerprint density at radius 3 is 2.80 bits per heavy atom. The molecule has 5 rings (SSSR count). The Hall–Kier alpha value is -2.32. The standard InChI is InChI=1S/C25H27ClIN5O3/c26-20-16(11-27)3-2-14-9-18(31-21(14)20)24(35)32-13-25(5-1-6-25)10-19(32)23(34)30-17(12-28)8-15-4-7-29-22(15)33/h2-3,9,15,17,19,31H,1,4-8,10-11,13H2,(H,29,33)(H,30,34)/t15-,17-,19?/m0/s1. The zero-order valence-corrected chi connectivity index (χ0v) is 22.1. The molecule has 0 radical (unpaired) electrons. The maximum atomic E-state index is 13.7. The molecule has 1 aromatic heterocycles. The van der Waals surface area contributed by atoms with E-state index < -0.39 is 12.1 Å². The van der Waals surface area contributed by atoms with E-state index in [1.807, 2.05) is 12.1 Å². The SMILES string of the molecule is N#C[C@H](C[C@@H]1CCNC1=O)NC(=O)C1CC2(CCC2)CN1C(=O)c1cc2ccc(CI)c(Cl)c2[nH]1. The van der Waals surface area contributed by atoms with Crippen molar-refractivity contribution in [3.63, 3.8) is 0 Å². The van der Waals surface area contributed by atoms with Crippen molar-refractivity contribution in [3.05, 3.63) is 34.5 Å². The lowest BCUT2D eigenvalue weighted by molar-refractivity contribution is -0.126. The lowest BCUT2D eigenvalue weighted by Gasteiger charge is -2.37. The van der Waals surface area contributed by atoms with E-state index in [-0.39, 0.29) is 35.5 Å². The minimum Gasteiger partial charge on any atom is -0.356 e. The van der Waals surface area contributed by atoms with Crippen molar-refractivity contribution in [2.75, 3.05) is 13.1 Å². The van der Waals surface area contributed by atoms with Crippen molar-refractivity contribution >= 4 is 62.8 Å². The highest BCUT2D eigenvalue weighted by molar-refractivity contribution is 14.1. The number of nitrogens with zero attached hydrogens (tertiary/aromatic N) is 2. The molecule has 3 aliphatic rings. The molecule has 1 aliphatic carbocycles. The van der Waals surface area contributed by atoms with E-state index in [0.717, 1.165) is 40.2 Å². The molecular formula is C25H27ClIN5O3. The van der Waals surface area contributed by atoms with Crippen molar-refractivity contribution in [3.8, 4) is 6.07 Å². The van der Waals surface area contributed by atoms with Crippen LogP contribution >= 0.6 is 34.2 Å². The fourth-order valence-corrected chi connectivity index (χ4v) is 6.84. The minimum absolute atomic E-state index is 0.0385. The Morgan fingerprint density at radius 2 is 2.17 bits per heavy atom. The molecule has 35 heavy (non-hydrogen) atoms. The zero-order chi connectivity index (χ0) is 24.7. The maximum Gasteiger partial charge on any atom is 0.271 e. The summed E-state index contributed by atoms with van der Waals surface area (Å²) < 4.78 is 0.758. The van der Waals surface area contributed by atoms with Crippen LogP contribution in [0.4, 0.5) is 0 Å². The molecule has 1 saturated carbocycles. The van der Waals surface area contributed by atoms with Gasteiger partial charge in [-0.1, -0.05) is 52.7 Å². The first-order valence-electron chi connectivity index (χ1n) is 12.0. The number of fused-ring (bicyclic) bond motifs is 1. The molecule has 2 saturated heterocycles. The van der Waals surface area contributed by atoms with Gasteiger partial charge in [0.15, 0.2) is 0 Å². The van der Waals surface area contributed by atoms with Gasteiger partial charge in [0.1, 0.15) is 17.8 Å². The van der Waals surface area contributed by atoms with Crippen molar-refractivity contribution in [1.82, 2.24) is 20.5 Å². The summed E-state index contributed by atoms with van der Waals surface area (Å²) in [6, 6.07) is 6.40. The summed E-state index contributed by atoms with van der Waals surface area (Å²) in [7, 11) is 0. The highest BCUT2D eigenvalue weighted by Crippen LogP contribution is 2.50. The van der Waals surface area contributed by atoms with Crippen molar-refractivity contribution in [2.45, 2.75) is 55.0 Å². The molecule has 1 aromatic carbocycles. The van der Waals surface area contributed by atoms with Crippen LogP contribution in [0, 0.1) is 22.7 Å². The fourth-order valence-electron chi connectivity index (χ4n) is 5.69. The third kappa shape index (κ3) is 4.51. The average Bonchev–Trinajstić information content (AvgIpc) is 3.55. The smallest absolute Gasteiger partial charge is 0.271 e. The molecule has 10 heteroatoms. The molecule has 3 amide bonds. The van der Waals surface area contributed by atoms with E-state index in [2.05, 4.69) is 44.3 Å². The van der Waals surface area contributed by atoms with Crippen molar-refractivity contribution in [1.29, 1.82) is 5.26 Å². The molecule has 2 aliphatic heterocycles. The third-order valence-corrected chi connectivity index (χ3v) is 9.08. The molecule has 8 nitrogen and oxygen atoms in total. The highest BCUT2D eigenvalue weighted by atomic mass is 127. The number of carbonyl (C=O) groups is 3. The van der Waals surface area contributed by atoms with Gasteiger partial charge in [0.05, 0.1) is 16.6 Å². The summed E-state index contributed by atoms with van der Waals surface area (Å²) in [6.45, 7) is 1.12. The molecule has 1 spiro atoms. The van der Waals surface area contributed by atoms with E-state index in [9.17, 15) is 19.6 Å². The number of carbonyl (C=O) groups excluding carboxylic acids is 3. The van der Waals surface area contributed by atoms with Crippen LogP contribution in [-0.4, -0.2) is 52.8 Å². The number of H-pyrrole nitrogens is 1. The number of aromatic nitrogens is 1. The number of rotatable bonds is 6. The number of nitrogens with one attached hydrogen (secondary N) is 3. The normalized spacial score (nSPS) is 23.7. The number of benzene rings is 1. The van der Waals surface area contributed by atoms with Crippen molar-refractivity contribution in [2.24, 2.45) is 11.3 Å². The molecule has 3 N–H and O–H groups in total. The summed E-state index contributed by atoms with van der Waals surface area (Å²) in [5, 5.41) is 16.7. The van der Waals surface area contributed by atoms with Gasteiger partial charge in [-0.05, 0) is 49.1 Å². The lowest BCUT2D eigenvalue weighted by atomic mass is 9.67. The van der Waals surface area contributed by atoms with Gasteiger partial charge in [0.2, 0.25) is 11.8 Å². The second-order valence-electron chi connectivity index (χ2n) is 10.0. The first-order chi connectivity index (χ1) is 16.8. The Bertz CT molecular complexity index is 1230. The van der Waals surface area contributed by atoms with Gasteiger partial charge in [0, 0.05) is 28.8 Å². The van der Waals surface area contributed by atoms with E-state index in [4.69, 9.17) is 11.6 Å². The number of alkyl halides is 1. The average molecular weight is 608 g/mol. The number of aromatic amines is 1. The van der Waals surface area contributed by atoms with Crippen LogP contribution in [0.2, 0.25) is 5.02 Å². The van der Waals surface area contributed by atoms with Gasteiger partial charge in [-0.2, -0.15) is 5.26 Å². The predicted molar refractivity (Wildman–Crippen MR) is 140 cm³/mol. The quantitative estimate of drug-likeness (QED) is 0.343. The molecule has 1 unspecified atom stereocenters. The molecule has 3 heterocycles. The number of amides is 3. The number of nitriles is 1. The summed E-state index contributed by atoms with van der Waals surface area (Å²) in [5.74, 6) is -0.911. The summed E-state index contributed by atoms with van der Waals surface area (Å²) in [4.78, 5) is 43.8. The second kappa shape index (κ2) is 9.62. The van der Waals surface area contributed by atoms with E-state index >= 15 is 0 Å². The highest BCUT2D eigenvalue weighted by Gasteiger charge is 2.52.